The van der Waals surface area contributed by atoms with E-state index < -0.39 is 11.8 Å². The summed E-state index contributed by atoms with van der Waals surface area (Å²) in [4.78, 5) is 10.8. The first kappa shape index (κ1) is 16.2. The number of carboxylic acids is 1. The van der Waals surface area contributed by atoms with Gasteiger partial charge in [-0.25, -0.2) is 9.18 Å². The molecule has 1 saturated carbocycles. The van der Waals surface area contributed by atoms with Gasteiger partial charge in [0.1, 0.15) is 5.82 Å². The smallest absolute Gasteiger partial charge is 0.338 e. The third-order valence-electron chi connectivity index (χ3n) is 4.22. The van der Waals surface area contributed by atoms with E-state index in [-0.39, 0.29) is 15.1 Å². The van der Waals surface area contributed by atoms with Crippen molar-refractivity contribution in [2.24, 2.45) is 0 Å². The predicted octanol–water partition coefficient (Wildman–Crippen LogP) is 3.20. The Morgan fingerprint density at radius 1 is 1.38 bits per heavy atom. The molecule has 0 amide bonds. The first-order valence-corrected chi connectivity index (χ1v) is 10.2. The number of rotatable bonds is 6. The van der Waals surface area contributed by atoms with Crippen LogP contribution in [0.1, 0.15) is 47.5 Å². The molecule has 0 bridgehead atoms. The van der Waals surface area contributed by atoms with Crippen molar-refractivity contribution in [1.82, 2.24) is 0 Å². The summed E-state index contributed by atoms with van der Waals surface area (Å²) in [6.45, 7) is 3.18. The molecular formula is C16H23FO3Si. The molecule has 0 spiro atoms. The van der Waals surface area contributed by atoms with Gasteiger partial charge in [-0.05, 0) is 55.3 Å². The Morgan fingerprint density at radius 3 is 2.67 bits per heavy atom. The van der Waals surface area contributed by atoms with E-state index in [9.17, 15) is 9.18 Å². The highest BCUT2D eigenvalue weighted by molar-refractivity contribution is 6.33. The second-order valence-electron chi connectivity index (χ2n) is 5.74. The van der Waals surface area contributed by atoms with Gasteiger partial charge in [-0.3, -0.25) is 0 Å². The van der Waals surface area contributed by atoms with Crippen molar-refractivity contribution in [1.29, 1.82) is 0 Å². The van der Waals surface area contributed by atoms with Crippen LogP contribution in [0.15, 0.2) is 18.2 Å². The summed E-state index contributed by atoms with van der Waals surface area (Å²) in [7, 11) is 0.0853. The lowest BCUT2D eigenvalue weighted by Crippen LogP contribution is -2.21. The average Bonchev–Trinajstić information content (AvgIpc) is 2.48. The normalized spacial score (nSPS) is 22.8. The SMILES string of the molecule is C[SiH2]CCOC1CCC(c2ccc(C(=O)O)c(F)c2)CC1. The minimum atomic E-state index is -1.21. The second-order valence-corrected chi connectivity index (χ2v) is 7.45. The quantitative estimate of drug-likeness (QED) is 0.648. The van der Waals surface area contributed by atoms with E-state index in [1.165, 1.54) is 18.2 Å². The van der Waals surface area contributed by atoms with Gasteiger partial charge in [0.15, 0.2) is 0 Å². The van der Waals surface area contributed by atoms with Crippen molar-refractivity contribution in [2.75, 3.05) is 6.61 Å². The van der Waals surface area contributed by atoms with Crippen molar-refractivity contribution in [3.63, 3.8) is 0 Å². The molecular weight excluding hydrogens is 287 g/mol. The van der Waals surface area contributed by atoms with Crippen LogP contribution in [0.25, 0.3) is 0 Å². The van der Waals surface area contributed by atoms with Crippen LogP contribution in [0.5, 0.6) is 0 Å². The Labute approximate surface area is 127 Å². The molecule has 1 aliphatic rings. The highest BCUT2D eigenvalue weighted by atomic mass is 28.2. The average molecular weight is 310 g/mol. The minimum absolute atomic E-state index is 0.0853. The lowest BCUT2D eigenvalue weighted by Gasteiger charge is -2.29. The number of carboxylic acid groups (broad SMARTS) is 1. The van der Waals surface area contributed by atoms with Crippen LogP contribution in [-0.2, 0) is 4.74 Å². The standard InChI is InChI=1S/C16H23FO3Si/c1-21-9-8-20-13-5-2-11(3-6-13)12-4-7-14(16(18)19)15(17)10-12/h4,7,10-11,13H,2-3,5-6,8-9,21H2,1H3,(H,18,19). The fraction of sp³-hybridized carbons (Fsp3) is 0.562. The number of hydrogen-bond acceptors (Lipinski definition) is 2. The van der Waals surface area contributed by atoms with E-state index in [2.05, 4.69) is 6.55 Å². The molecule has 0 atom stereocenters. The molecule has 0 unspecified atom stereocenters. The number of aromatic carboxylic acids is 1. The van der Waals surface area contributed by atoms with E-state index in [4.69, 9.17) is 9.84 Å². The van der Waals surface area contributed by atoms with E-state index in [0.29, 0.717) is 12.0 Å². The van der Waals surface area contributed by atoms with Gasteiger partial charge in [0.05, 0.1) is 11.7 Å². The topological polar surface area (TPSA) is 46.5 Å². The van der Waals surface area contributed by atoms with Gasteiger partial charge in [-0.2, -0.15) is 0 Å². The van der Waals surface area contributed by atoms with E-state index in [1.54, 1.807) is 6.07 Å². The number of benzene rings is 1. The van der Waals surface area contributed by atoms with Gasteiger partial charge < -0.3 is 9.84 Å². The van der Waals surface area contributed by atoms with Gasteiger partial charge in [-0.1, -0.05) is 12.6 Å². The Hall–Kier alpha value is -1.20. The Balaban J connectivity index is 1.90. The van der Waals surface area contributed by atoms with Gasteiger partial charge in [0.25, 0.3) is 0 Å². The van der Waals surface area contributed by atoms with Crippen molar-refractivity contribution >= 4 is 15.5 Å². The van der Waals surface area contributed by atoms with Crippen molar-refractivity contribution in [2.45, 2.75) is 50.3 Å². The van der Waals surface area contributed by atoms with E-state index in [0.717, 1.165) is 37.9 Å². The molecule has 0 saturated heterocycles. The molecule has 3 nitrogen and oxygen atoms in total. The molecule has 2 rings (SSSR count). The van der Waals surface area contributed by atoms with Crippen LogP contribution in [0.4, 0.5) is 4.39 Å². The zero-order chi connectivity index (χ0) is 15.2. The molecule has 1 N–H and O–H groups in total. The van der Waals surface area contributed by atoms with E-state index >= 15 is 0 Å². The maximum Gasteiger partial charge on any atom is 0.338 e. The molecule has 21 heavy (non-hydrogen) atoms. The molecule has 116 valence electrons. The number of hydrogen-bond donors (Lipinski definition) is 1. The maximum absolute atomic E-state index is 13.7. The third-order valence-corrected chi connectivity index (χ3v) is 5.22. The van der Waals surface area contributed by atoms with Crippen LogP contribution in [0.3, 0.4) is 0 Å². The molecule has 1 fully saturated rings. The molecule has 1 aliphatic carbocycles. The van der Waals surface area contributed by atoms with Crippen molar-refractivity contribution < 1.29 is 19.0 Å². The monoisotopic (exact) mass is 310 g/mol. The summed E-state index contributed by atoms with van der Waals surface area (Å²) in [5.41, 5.74) is 0.663. The molecule has 5 heteroatoms. The summed E-state index contributed by atoms with van der Waals surface area (Å²) < 4.78 is 19.6. The first-order valence-electron chi connectivity index (χ1n) is 7.76. The van der Waals surface area contributed by atoms with Crippen LogP contribution in [0, 0.1) is 5.82 Å². The lowest BCUT2D eigenvalue weighted by molar-refractivity contribution is 0.0328. The van der Waals surface area contributed by atoms with Crippen LogP contribution in [-0.4, -0.2) is 33.3 Å². The predicted molar refractivity (Wildman–Crippen MR) is 83.5 cm³/mol. The number of ether oxygens (including phenoxy) is 1. The molecule has 1 aromatic rings. The summed E-state index contributed by atoms with van der Waals surface area (Å²) in [5.74, 6) is -1.52. The summed E-state index contributed by atoms with van der Waals surface area (Å²) in [6, 6.07) is 5.75. The molecule has 0 aliphatic heterocycles. The van der Waals surface area contributed by atoms with Crippen LogP contribution >= 0.6 is 0 Å². The van der Waals surface area contributed by atoms with Crippen LogP contribution in [0.2, 0.25) is 12.6 Å². The highest BCUT2D eigenvalue weighted by Gasteiger charge is 2.23. The summed E-state index contributed by atoms with van der Waals surface area (Å²) >= 11 is 0. The fourth-order valence-electron chi connectivity index (χ4n) is 2.92. The maximum atomic E-state index is 13.7. The summed E-state index contributed by atoms with van der Waals surface area (Å²) in [6.07, 6.45) is 4.35. The highest BCUT2D eigenvalue weighted by Crippen LogP contribution is 2.34. The molecule has 0 radical (unpaired) electrons. The van der Waals surface area contributed by atoms with Crippen LogP contribution < -0.4 is 0 Å². The largest absolute Gasteiger partial charge is 0.478 e. The lowest BCUT2D eigenvalue weighted by atomic mass is 9.82. The van der Waals surface area contributed by atoms with Crippen molar-refractivity contribution in [3.05, 3.63) is 35.1 Å². The summed E-state index contributed by atoms with van der Waals surface area (Å²) in [5, 5.41) is 8.85. The fourth-order valence-corrected chi connectivity index (χ4v) is 3.37. The van der Waals surface area contributed by atoms with Gasteiger partial charge >= 0.3 is 5.97 Å². The Morgan fingerprint density at radius 2 is 2.10 bits per heavy atom. The van der Waals surface area contributed by atoms with Gasteiger partial charge in [0.2, 0.25) is 0 Å². The molecule has 0 aromatic heterocycles. The zero-order valence-corrected chi connectivity index (χ0v) is 13.9. The minimum Gasteiger partial charge on any atom is -0.478 e. The Bertz CT molecular complexity index is 484. The zero-order valence-electron chi connectivity index (χ0n) is 12.5. The number of carbonyl (C=O) groups is 1. The molecule has 0 heterocycles. The molecule has 1 aromatic carbocycles. The van der Waals surface area contributed by atoms with Gasteiger partial charge in [0, 0.05) is 16.1 Å². The Kier molecular flexibility index (Phi) is 5.93. The first-order chi connectivity index (χ1) is 10.1. The number of halogens is 1. The van der Waals surface area contributed by atoms with Gasteiger partial charge in [-0.15, -0.1) is 0 Å². The van der Waals surface area contributed by atoms with Crippen molar-refractivity contribution in [3.8, 4) is 0 Å². The second kappa shape index (κ2) is 7.71. The third kappa shape index (κ3) is 4.38. The van der Waals surface area contributed by atoms with E-state index in [1.807, 2.05) is 0 Å².